The Morgan fingerprint density at radius 1 is 1.17 bits per heavy atom. The molecule has 0 spiro atoms. The maximum Gasteiger partial charge on any atom is 0.249 e. The normalized spacial score (nSPS) is 24.1. The van der Waals surface area contributed by atoms with Crippen molar-refractivity contribution in [2.75, 3.05) is 6.61 Å². The molecule has 24 heavy (non-hydrogen) atoms. The first-order valence-corrected chi connectivity index (χ1v) is 14.8. The fourth-order valence-corrected chi connectivity index (χ4v) is 8.73. The van der Waals surface area contributed by atoms with E-state index in [1.165, 1.54) is 22.3 Å². The Kier molecular flexibility index (Phi) is 3.57. The zero-order valence-corrected chi connectivity index (χ0v) is 17.3. The first-order chi connectivity index (χ1) is 11.3. The van der Waals surface area contributed by atoms with Gasteiger partial charge in [-0.25, -0.2) is 0 Å². The summed E-state index contributed by atoms with van der Waals surface area (Å²) in [7, 11) is -3.38. The van der Waals surface area contributed by atoms with Crippen molar-refractivity contribution in [2.45, 2.75) is 46.0 Å². The van der Waals surface area contributed by atoms with Gasteiger partial charge in [0.15, 0.2) is 0 Å². The van der Waals surface area contributed by atoms with Gasteiger partial charge in [0.2, 0.25) is 16.6 Å². The standard InChI is InChI=1S/C20H26O2Si2/c1-6-21-24(5)17-13-15-11-12-16(22-23(2,3)4)18(19(15)20(17)24)14-9-7-8-10-14/h7-9,11-12H,6,10,13H2,1-5H3. The lowest BCUT2D eigenvalue weighted by atomic mass is 9.95. The summed E-state index contributed by atoms with van der Waals surface area (Å²) < 4.78 is 12.7. The molecule has 0 fully saturated rings. The van der Waals surface area contributed by atoms with Crippen LogP contribution in [0.1, 0.15) is 30.0 Å². The summed E-state index contributed by atoms with van der Waals surface area (Å²) >= 11 is 0. The number of benzene rings is 1. The fraction of sp³-hybridized carbons (Fsp3) is 0.400. The summed E-state index contributed by atoms with van der Waals surface area (Å²) in [6.45, 7) is 12.1. The minimum absolute atomic E-state index is 0.815. The summed E-state index contributed by atoms with van der Waals surface area (Å²) in [5.74, 6) is 1.08. The summed E-state index contributed by atoms with van der Waals surface area (Å²) in [5, 5.41) is 3.17. The lowest BCUT2D eigenvalue weighted by molar-refractivity contribution is 0.346. The van der Waals surface area contributed by atoms with Crippen LogP contribution >= 0.6 is 0 Å². The van der Waals surface area contributed by atoms with Gasteiger partial charge in [0.25, 0.3) is 0 Å². The highest BCUT2D eigenvalue weighted by atomic mass is 28.4. The van der Waals surface area contributed by atoms with Crippen LogP contribution in [0, 0.1) is 0 Å². The molecule has 1 aliphatic heterocycles. The van der Waals surface area contributed by atoms with Crippen LogP contribution in [-0.2, 0) is 10.8 Å². The molecule has 0 aromatic heterocycles. The van der Waals surface area contributed by atoms with Crippen molar-refractivity contribution >= 4 is 27.4 Å². The van der Waals surface area contributed by atoms with Crippen LogP contribution in [0.2, 0.25) is 26.2 Å². The SMILES string of the molecule is CCO[Si]1(C)C2=C1c1c(ccc(O[Si](C)(C)C)c1C1=CC=CC1)C2. The van der Waals surface area contributed by atoms with Crippen LogP contribution in [0.3, 0.4) is 0 Å². The van der Waals surface area contributed by atoms with Crippen molar-refractivity contribution < 1.29 is 8.85 Å². The van der Waals surface area contributed by atoms with Gasteiger partial charge in [-0.15, -0.1) is 0 Å². The van der Waals surface area contributed by atoms with Gasteiger partial charge >= 0.3 is 0 Å². The molecule has 1 heterocycles. The molecule has 0 saturated carbocycles. The minimum Gasteiger partial charge on any atom is -0.544 e. The third-order valence-corrected chi connectivity index (χ3v) is 9.64. The highest BCUT2D eigenvalue weighted by Crippen LogP contribution is 2.59. The summed E-state index contributed by atoms with van der Waals surface area (Å²) in [6, 6.07) is 4.49. The second-order valence-corrected chi connectivity index (χ2v) is 15.9. The second kappa shape index (κ2) is 5.31. The van der Waals surface area contributed by atoms with Gasteiger partial charge in [0, 0.05) is 12.2 Å². The maximum absolute atomic E-state index is 6.49. The van der Waals surface area contributed by atoms with E-state index in [4.69, 9.17) is 8.85 Å². The lowest BCUT2D eigenvalue weighted by Gasteiger charge is -2.26. The second-order valence-electron chi connectivity index (χ2n) is 8.01. The van der Waals surface area contributed by atoms with Crippen LogP contribution < -0.4 is 4.43 Å². The summed E-state index contributed by atoms with van der Waals surface area (Å²) in [4.78, 5) is 0. The van der Waals surface area contributed by atoms with Crippen LogP contribution in [-0.4, -0.2) is 23.2 Å². The molecular formula is C20H26O2Si2. The minimum atomic E-state index is -1.73. The van der Waals surface area contributed by atoms with E-state index in [1.807, 2.05) is 0 Å². The molecule has 0 N–H and O–H groups in total. The first kappa shape index (κ1) is 16.1. The molecule has 0 radical (unpaired) electrons. The van der Waals surface area contributed by atoms with Crippen LogP contribution in [0.5, 0.6) is 5.75 Å². The molecule has 4 rings (SSSR count). The largest absolute Gasteiger partial charge is 0.544 e. The van der Waals surface area contributed by atoms with E-state index >= 15 is 0 Å². The predicted octanol–water partition coefficient (Wildman–Crippen LogP) is 5.26. The molecule has 2 nitrogen and oxygen atoms in total. The summed E-state index contributed by atoms with van der Waals surface area (Å²) in [6.07, 6.45) is 8.77. The highest BCUT2D eigenvalue weighted by Gasteiger charge is 2.58. The van der Waals surface area contributed by atoms with Crippen molar-refractivity contribution in [1.29, 1.82) is 0 Å². The number of rotatable bonds is 5. The smallest absolute Gasteiger partial charge is 0.249 e. The molecule has 126 valence electrons. The average molecular weight is 355 g/mol. The van der Waals surface area contributed by atoms with Crippen LogP contribution in [0.25, 0.3) is 10.8 Å². The average Bonchev–Trinajstić information content (AvgIpc) is 2.94. The van der Waals surface area contributed by atoms with E-state index in [2.05, 4.69) is 63.5 Å². The van der Waals surface area contributed by atoms with Crippen molar-refractivity contribution in [3.8, 4) is 5.75 Å². The quantitative estimate of drug-likeness (QED) is 0.672. The molecule has 4 heteroatoms. The fourth-order valence-electron chi connectivity index (χ4n) is 4.13. The Hall–Kier alpha value is -1.37. The zero-order valence-electron chi connectivity index (χ0n) is 15.3. The van der Waals surface area contributed by atoms with Crippen molar-refractivity contribution in [2.24, 2.45) is 0 Å². The van der Waals surface area contributed by atoms with E-state index in [9.17, 15) is 0 Å². The monoisotopic (exact) mass is 354 g/mol. The van der Waals surface area contributed by atoms with Crippen LogP contribution in [0.4, 0.5) is 0 Å². The van der Waals surface area contributed by atoms with E-state index in [-0.39, 0.29) is 0 Å². The molecule has 0 bridgehead atoms. The van der Waals surface area contributed by atoms with Gasteiger partial charge in [0.1, 0.15) is 5.75 Å². The van der Waals surface area contributed by atoms with E-state index in [0.29, 0.717) is 0 Å². The summed E-state index contributed by atoms with van der Waals surface area (Å²) in [5.41, 5.74) is 5.67. The number of hydrogen-bond acceptors (Lipinski definition) is 2. The number of allylic oxidation sites excluding steroid dienone is 5. The zero-order chi connectivity index (χ0) is 17.1. The first-order valence-electron chi connectivity index (χ1n) is 8.94. The van der Waals surface area contributed by atoms with Gasteiger partial charge in [-0.05, 0) is 79.1 Å². The molecule has 1 unspecified atom stereocenters. The number of fused-ring (bicyclic) bond motifs is 2. The Labute approximate surface area is 147 Å². The van der Waals surface area contributed by atoms with Gasteiger partial charge < -0.3 is 8.85 Å². The Morgan fingerprint density at radius 2 is 1.96 bits per heavy atom. The third kappa shape index (κ3) is 2.39. The van der Waals surface area contributed by atoms with Gasteiger partial charge in [-0.1, -0.05) is 24.3 Å². The van der Waals surface area contributed by atoms with Gasteiger partial charge in [0.05, 0.1) is 0 Å². The molecule has 1 aromatic carbocycles. The molecule has 2 aliphatic carbocycles. The predicted molar refractivity (Wildman–Crippen MR) is 106 cm³/mol. The molecular weight excluding hydrogens is 328 g/mol. The van der Waals surface area contributed by atoms with Gasteiger partial charge in [-0.3, -0.25) is 0 Å². The molecule has 1 atom stereocenters. The van der Waals surface area contributed by atoms with Crippen molar-refractivity contribution in [1.82, 2.24) is 0 Å². The topological polar surface area (TPSA) is 18.5 Å². The lowest BCUT2D eigenvalue weighted by Crippen LogP contribution is -2.30. The van der Waals surface area contributed by atoms with Crippen molar-refractivity contribution in [3.05, 3.63) is 52.2 Å². The Morgan fingerprint density at radius 3 is 2.58 bits per heavy atom. The molecule has 3 aliphatic rings. The molecule has 1 aromatic rings. The third-order valence-electron chi connectivity index (χ3n) is 5.10. The molecule has 0 amide bonds. The Bertz CT molecular complexity index is 812. The van der Waals surface area contributed by atoms with Crippen LogP contribution in [0.15, 0.2) is 35.6 Å². The maximum atomic E-state index is 6.49. The van der Waals surface area contributed by atoms with E-state index in [1.54, 1.807) is 10.4 Å². The number of hydrogen-bond donors (Lipinski definition) is 0. The van der Waals surface area contributed by atoms with E-state index in [0.717, 1.165) is 25.2 Å². The van der Waals surface area contributed by atoms with Gasteiger partial charge in [-0.2, -0.15) is 0 Å². The molecule has 0 saturated heterocycles. The van der Waals surface area contributed by atoms with Crippen molar-refractivity contribution in [3.63, 3.8) is 0 Å². The highest BCUT2D eigenvalue weighted by molar-refractivity contribution is 7.10. The Balaban J connectivity index is 1.83. The van der Waals surface area contributed by atoms with E-state index < -0.39 is 16.6 Å².